The van der Waals surface area contributed by atoms with E-state index in [1.807, 2.05) is 19.9 Å². The number of sulfonamides is 1. The number of benzene rings is 1. The van der Waals surface area contributed by atoms with E-state index >= 15 is 0 Å². The van der Waals surface area contributed by atoms with E-state index in [-0.39, 0.29) is 23.8 Å². The number of nitrogens with one attached hydrogen (secondary N) is 2. The van der Waals surface area contributed by atoms with Crippen LogP contribution in [0.1, 0.15) is 74.1 Å². The molecule has 1 aliphatic carbocycles. The Morgan fingerprint density at radius 2 is 1.63 bits per heavy atom. The summed E-state index contributed by atoms with van der Waals surface area (Å²) in [6.07, 6.45) is 3.56. The molecule has 2 amide bonds. The number of rotatable bonds is 8. The zero-order valence-electron chi connectivity index (χ0n) is 18.3. The molecule has 0 bridgehead atoms. The van der Waals surface area contributed by atoms with Gasteiger partial charge in [-0.15, -0.1) is 0 Å². The third-order valence-electron chi connectivity index (χ3n) is 5.91. The second-order valence-electron chi connectivity index (χ2n) is 9.19. The minimum absolute atomic E-state index is 0.0178. The average Bonchev–Trinajstić information content (AvgIpc) is 2.91. The van der Waals surface area contributed by atoms with Crippen LogP contribution in [0.3, 0.4) is 0 Å². The lowest BCUT2D eigenvalue weighted by Crippen LogP contribution is -2.41. The topological polar surface area (TPSA) is 95.6 Å². The zero-order chi connectivity index (χ0) is 22.1. The summed E-state index contributed by atoms with van der Waals surface area (Å²) >= 11 is 0. The molecule has 0 unspecified atom stereocenters. The van der Waals surface area contributed by atoms with Crippen LogP contribution in [0.15, 0.2) is 18.2 Å². The largest absolute Gasteiger partial charge is 0.385 e. The second-order valence-corrected chi connectivity index (χ2v) is 11.5. The van der Waals surface area contributed by atoms with Crippen molar-refractivity contribution in [1.82, 2.24) is 9.62 Å². The summed E-state index contributed by atoms with van der Waals surface area (Å²) in [5.41, 5.74) is 1.78. The predicted octanol–water partition coefficient (Wildman–Crippen LogP) is 3.24. The van der Waals surface area contributed by atoms with Gasteiger partial charge in [-0.05, 0) is 69.6 Å². The van der Waals surface area contributed by atoms with Gasteiger partial charge in [0.25, 0.3) is 11.8 Å². The first-order valence-electron chi connectivity index (χ1n) is 10.8. The first-order valence-corrected chi connectivity index (χ1v) is 12.4. The van der Waals surface area contributed by atoms with Gasteiger partial charge < -0.3 is 5.32 Å². The Balaban J connectivity index is 1.53. The second kappa shape index (κ2) is 9.06. The Labute approximate surface area is 179 Å². The van der Waals surface area contributed by atoms with Crippen molar-refractivity contribution in [2.24, 2.45) is 11.8 Å². The van der Waals surface area contributed by atoms with Crippen LogP contribution in [0.4, 0.5) is 5.69 Å². The van der Waals surface area contributed by atoms with E-state index in [0.717, 1.165) is 37.9 Å². The number of hydrogen-bond donors (Lipinski definition) is 2. The van der Waals surface area contributed by atoms with E-state index < -0.39 is 15.3 Å². The molecule has 1 fully saturated rings. The lowest BCUT2D eigenvalue weighted by Gasteiger charge is -2.29. The molecule has 0 aromatic heterocycles. The van der Waals surface area contributed by atoms with Crippen LogP contribution >= 0.6 is 0 Å². The summed E-state index contributed by atoms with van der Waals surface area (Å²) in [6.45, 7) is 8.54. The molecule has 1 aromatic carbocycles. The minimum atomic E-state index is -3.23. The molecule has 1 heterocycles. The lowest BCUT2D eigenvalue weighted by molar-refractivity contribution is 0.0636. The van der Waals surface area contributed by atoms with Gasteiger partial charge in [0, 0.05) is 24.8 Å². The van der Waals surface area contributed by atoms with Crippen LogP contribution < -0.4 is 10.0 Å². The Bertz CT molecular complexity index is 903. The molecule has 3 rings (SSSR count). The lowest BCUT2D eigenvalue weighted by atomic mass is 9.86. The van der Waals surface area contributed by atoms with Gasteiger partial charge >= 0.3 is 0 Å². The van der Waals surface area contributed by atoms with E-state index in [2.05, 4.69) is 10.0 Å². The number of imide groups is 1. The van der Waals surface area contributed by atoms with Crippen LogP contribution in [0.2, 0.25) is 0 Å². The van der Waals surface area contributed by atoms with Crippen molar-refractivity contribution in [1.29, 1.82) is 0 Å². The van der Waals surface area contributed by atoms with Gasteiger partial charge in [-0.1, -0.05) is 13.8 Å². The summed E-state index contributed by atoms with van der Waals surface area (Å²) < 4.78 is 26.9. The van der Waals surface area contributed by atoms with Crippen LogP contribution in [0.5, 0.6) is 0 Å². The molecule has 8 heteroatoms. The summed E-state index contributed by atoms with van der Waals surface area (Å²) in [5.74, 6) is 0.250. The molecule has 1 aromatic rings. The number of carbonyl (C=O) groups is 2. The fourth-order valence-corrected chi connectivity index (χ4v) is 5.02. The van der Waals surface area contributed by atoms with E-state index in [9.17, 15) is 18.0 Å². The van der Waals surface area contributed by atoms with Gasteiger partial charge in [0.2, 0.25) is 10.0 Å². The third kappa shape index (κ3) is 5.03. The monoisotopic (exact) mass is 435 g/mol. The maximum Gasteiger partial charge on any atom is 0.261 e. The van der Waals surface area contributed by atoms with E-state index in [4.69, 9.17) is 0 Å². The molecule has 2 N–H and O–H groups in total. The van der Waals surface area contributed by atoms with Crippen LogP contribution in [-0.4, -0.2) is 49.5 Å². The molecule has 0 atom stereocenters. The smallest absolute Gasteiger partial charge is 0.261 e. The van der Waals surface area contributed by atoms with Gasteiger partial charge in [0.15, 0.2) is 0 Å². The van der Waals surface area contributed by atoms with Crippen LogP contribution in [-0.2, 0) is 10.0 Å². The Morgan fingerprint density at radius 1 is 1.00 bits per heavy atom. The van der Waals surface area contributed by atoms with Crippen molar-refractivity contribution < 1.29 is 18.0 Å². The van der Waals surface area contributed by atoms with Crippen molar-refractivity contribution in [2.75, 3.05) is 18.4 Å². The Morgan fingerprint density at radius 3 is 2.23 bits per heavy atom. The maximum atomic E-state index is 12.6. The predicted molar refractivity (Wildman–Crippen MR) is 118 cm³/mol. The zero-order valence-corrected chi connectivity index (χ0v) is 19.1. The fourth-order valence-electron chi connectivity index (χ4n) is 4.05. The number of anilines is 1. The maximum absolute atomic E-state index is 12.6. The molecule has 0 radical (unpaired) electrons. The highest BCUT2D eigenvalue weighted by atomic mass is 32.2. The van der Waals surface area contributed by atoms with Crippen LogP contribution in [0, 0.1) is 11.8 Å². The average molecular weight is 436 g/mol. The SMILES string of the molecule is CC(C)CN1C(=O)c2ccc(NCC3CCC(NS(=O)(=O)C(C)C)CC3)cc2C1=O. The number of hydrogen-bond acceptors (Lipinski definition) is 5. The Hall–Kier alpha value is -1.93. The number of carbonyl (C=O) groups excluding carboxylic acids is 2. The van der Waals surface area contributed by atoms with E-state index in [0.29, 0.717) is 23.6 Å². The quantitative estimate of drug-likeness (QED) is 0.611. The molecule has 0 saturated heterocycles. The van der Waals surface area contributed by atoms with Crippen LogP contribution in [0.25, 0.3) is 0 Å². The first kappa shape index (κ1) is 22.7. The highest BCUT2D eigenvalue weighted by Gasteiger charge is 2.35. The number of nitrogens with zero attached hydrogens (tertiary/aromatic N) is 1. The highest BCUT2D eigenvalue weighted by Crippen LogP contribution is 2.28. The summed E-state index contributed by atoms with van der Waals surface area (Å²) in [7, 11) is -3.23. The molecule has 2 aliphatic rings. The van der Waals surface area contributed by atoms with Crippen molar-refractivity contribution in [2.45, 2.75) is 64.7 Å². The number of amides is 2. The van der Waals surface area contributed by atoms with Crippen molar-refractivity contribution in [3.05, 3.63) is 29.3 Å². The highest BCUT2D eigenvalue weighted by molar-refractivity contribution is 7.90. The molecule has 1 saturated carbocycles. The third-order valence-corrected chi connectivity index (χ3v) is 7.81. The molecule has 166 valence electrons. The molecule has 0 spiro atoms. The molecular weight excluding hydrogens is 402 g/mol. The van der Waals surface area contributed by atoms with Gasteiger partial charge in [0.05, 0.1) is 16.4 Å². The van der Waals surface area contributed by atoms with Crippen molar-refractivity contribution >= 4 is 27.5 Å². The van der Waals surface area contributed by atoms with Gasteiger partial charge in [-0.2, -0.15) is 0 Å². The molecular formula is C22H33N3O4S. The van der Waals surface area contributed by atoms with Crippen molar-refractivity contribution in [3.63, 3.8) is 0 Å². The van der Waals surface area contributed by atoms with Gasteiger partial charge in [-0.3, -0.25) is 14.5 Å². The summed E-state index contributed by atoms with van der Waals surface area (Å²) in [5, 5.41) is 2.98. The fraction of sp³-hybridized carbons (Fsp3) is 0.636. The normalized spacial score (nSPS) is 22.1. The first-order chi connectivity index (χ1) is 14.1. The van der Waals surface area contributed by atoms with E-state index in [1.165, 1.54) is 4.90 Å². The minimum Gasteiger partial charge on any atom is -0.385 e. The Kier molecular flexibility index (Phi) is 6.87. The molecule has 1 aliphatic heterocycles. The number of fused-ring (bicyclic) bond motifs is 1. The van der Waals surface area contributed by atoms with Gasteiger partial charge in [0.1, 0.15) is 0 Å². The standard InChI is InChI=1S/C22H33N3O4S/c1-14(2)13-25-21(26)19-10-9-18(11-20(19)22(25)27)23-12-16-5-7-17(8-6-16)24-30(28,29)15(3)4/h9-11,14-17,23-24H,5-8,12-13H2,1-4H3. The van der Waals surface area contributed by atoms with Gasteiger partial charge in [-0.25, -0.2) is 13.1 Å². The summed E-state index contributed by atoms with van der Waals surface area (Å²) in [6, 6.07) is 5.38. The van der Waals surface area contributed by atoms with E-state index in [1.54, 1.807) is 26.0 Å². The summed E-state index contributed by atoms with van der Waals surface area (Å²) in [4.78, 5) is 26.4. The molecule has 30 heavy (non-hydrogen) atoms. The molecule has 7 nitrogen and oxygen atoms in total. The van der Waals surface area contributed by atoms with Crippen molar-refractivity contribution in [3.8, 4) is 0 Å².